The first kappa shape index (κ1) is 33.3. The Bertz CT molecular complexity index is 949. The van der Waals surface area contributed by atoms with Crippen molar-refractivity contribution in [3.8, 4) is 0 Å². The maximum atomic E-state index is 5.88. The number of hydrogen-bond donors (Lipinski definition) is 6. The maximum Gasteiger partial charge on any atom is 0.218 e. The van der Waals surface area contributed by atoms with Gasteiger partial charge in [-0.1, -0.05) is 75.8 Å². The lowest BCUT2D eigenvalue weighted by Crippen LogP contribution is -2.30. The van der Waals surface area contributed by atoms with E-state index in [4.69, 9.17) is 34.4 Å². The van der Waals surface area contributed by atoms with Crippen LogP contribution in [-0.2, 0) is 5.75 Å². The smallest absolute Gasteiger partial charge is 0.218 e. The largest absolute Gasteiger partial charge is 0.370 e. The van der Waals surface area contributed by atoms with Crippen LogP contribution in [0, 0.1) is 5.92 Å². The van der Waals surface area contributed by atoms with Crippen molar-refractivity contribution >= 4 is 35.6 Å². The van der Waals surface area contributed by atoms with Gasteiger partial charge in [-0.2, -0.15) is 21.7 Å². The molecule has 12 N–H and O–H groups in total. The summed E-state index contributed by atoms with van der Waals surface area (Å²) in [5.41, 5.74) is 34.0. The highest BCUT2D eigenvalue weighted by molar-refractivity contribution is 7.99. The number of nitrogens with two attached hydrogens (primary N) is 6. The molecule has 3 rings (SSSR count). The third-order valence-electron chi connectivity index (χ3n) is 7.34. The molecule has 3 unspecified atom stereocenters. The Labute approximate surface area is 245 Å². The second kappa shape index (κ2) is 19.2. The van der Waals surface area contributed by atoms with E-state index in [0.29, 0.717) is 17.2 Å². The van der Waals surface area contributed by atoms with Gasteiger partial charge in [0, 0.05) is 11.0 Å². The summed E-state index contributed by atoms with van der Waals surface area (Å²) in [7, 11) is 0. The zero-order valence-corrected chi connectivity index (χ0v) is 25.1. The summed E-state index contributed by atoms with van der Waals surface area (Å²) >= 11 is 2.10. The number of thioether (sulfide) groups is 1. The van der Waals surface area contributed by atoms with Crippen LogP contribution in [0.25, 0.3) is 0 Å². The van der Waals surface area contributed by atoms with E-state index in [9.17, 15) is 0 Å². The summed E-state index contributed by atoms with van der Waals surface area (Å²) in [6.07, 6.45) is 15.7. The molecule has 0 aliphatic heterocycles. The predicted molar refractivity (Wildman–Crippen MR) is 173 cm³/mol. The Kier molecular flexibility index (Phi) is 15.9. The molecule has 0 amide bonds. The first-order chi connectivity index (χ1) is 19.3. The molecule has 11 heteroatoms. The van der Waals surface area contributed by atoms with E-state index >= 15 is 0 Å². The van der Waals surface area contributed by atoms with Crippen molar-refractivity contribution in [2.75, 3.05) is 0 Å². The van der Waals surface area contributed by atoms with E-state index in [2.05, 4.69) is 69.0 Å². The van der Waals surface area contributed by atoms with Crippen LogP contribution < -0.4 is 34.4 Å². The molecule has 2 saturated carbocycles. The maximum absolute atomic E-state index is 5.88. The van der Waals surface area contributed by atoms with Crippen LogP contribution in [0.5, 0.6) is 0 Å². The molecule has 1 aromatic carbocycles. The van der Waals surface area contributed by atoms with Crippen molar-refractivity contribution in [3.05, 3.63) is 35.9 Å². The molecule has 3 atom stereocenters. The second-order valence-corrected chi connectivity index (χ2v) is 12.0. The Morgan fingerprint density at radius 3 is 2.00 bits per heavy atom. The van der Waals surface area contributed by atoms with Crippen LogP contribution in [0.1, 0.15) is 96.0 Å². The van der Waals surface area contributed by atoms with Crippen LogP contribution in [0.15, 0.2) is 50.3 Å². The van der Waals surface area contributed by atoms with Crippen molar-refractivity contribution in [2.24, 2.45) is 60.3 Å². The minimum Gasteiger partial charge on any atom is -0.370 e. The molecule has 0 spiro atoms. The fourth-order valence-corrected chi connectivity index (χ4v) is 6.73. The molecule has 40 heavy (non-hydrogen) atoms. The third kappa shape index (κ3) is 14.4. The highest BCUT2D eigenvalue weighted by Crippen LogP contribution is 2.34. The average molecular weight is 573 g/mol. The summed E-state index contributed by atoms with van der Waals surface area (Å²) < 4.78 is 0. The molecule has 0 saturated heterocycles. The van der Waals surface area contributed by atoms with Crippen molar-refractivity contribution in [1.29, 1.82) is 0 Å². The molecule has 2 aliphatic carbocycles. The van der Waals surface area contributed by atoms with Crippen LogP contribution in [0.2, 0.25) is 0 Å². The number of hydrogen-bond acceptors (Lipinski definition) is 3. The second-order valence-electron chi connectivity index (χ2n) is 10.7. The molecule has 0 bridgehead atoms. The standard InChI is InChI=1S/C21H35N5S.C8H17N5/c1-2-8-18(27-15-16-9-4-3-5-10-16)14-13-17-11-6-7-12-19(17)25-21(24)26-20(22)23;9-7(10)13-8(11)12-6-4-2-1-3-5-6/h3-5,9-10,17-19H,2,6-8,11-15H2,1H3,(H6,22,23,24,25,26);6H,1-5H2,(H6,9,10,11,12,13). The van der Waals surface area contributed by atoms with Gasteiger partial charge >= 0.3 is 0 Å². The molecule has 2 fully saturated rings. The Hall–Kier alpha value is -2.95. The lowest BCUT2D eigenvalue weighted by Gasteiger charge is -2.30. The number of aliphatic imine (C=N–C) groups is 4. The summed E-state index contributed by atoms with van der Waals surface area (Å²) in [5, 5.41) is 0.705. The lowest BCUT2D eigenvalue weighted by molar-refractivity contribution is 0.286. The van der Waals surface area contributed by atoms with Crippen LogP contribution in [-0.4, -0.2) is 41.2 Å². The van der Waals surface area contributed by atoms with E-state index in [-0.39, 0.29) is 29.9 Å². The lowest BCUT2D eigenvalue weighted by atomic mass is 9.81. The zero-order chi connectivity index (χ0) is 29.2. The number of rotatable bonds is 10. The van der Waals surface area contributed by atoms with Gasteiger partial charge in [0.2, 0.25) is 11.9 Å². The first-order valence-electron chi connectivity index (χ1n) is 14.8. The monoisotopic (exact) mass is 572 g/mol. The topological polar surface area (TPSA) is 206 Å². The molecule has 224 valence electrons. The molecular formula is C29H52N10S. The molecule has 10 nitrogen and oxygen atoms in total. The van der Waals surface area contributed by atoms with Crippen molar-refractivity contribution in [2.45, 2.75) is 113 Å². The van der Waals surface area contributed by atoms with E-state index in [1.165, 1.54) is 69.8 Å². The van der Waals surface area contributed by atoms with Gasteiger partial charge in [-0.05, 0) is 56.4 Å². The van der Waals surface area contributed by atoms with Gasteiger partial charge in [0.15, 0.2) is 11.9 Å². The fraction of sp³-hybridized carbons (Fsp3) is 0.655. The van der Waals surface area contributed by atoms with E-state index in [1.54, 1.807) is 0 Å². The molecule has 0 aromatic heterocycles. The minimum absolute atomic E-state index is 0.0241. The van der Waals surface area contributed by atoms with Gasteiger partial charge in [0.25, 0.3) is 0 Å². The molecule has 2 aliphatic rings. The number of nitrogens with zero attached hydrogens (tertiary/aromatic N) is 4. The van der Waals surface area contributed by atoms with Gasteiger partial charge in [0.1, 0.15) is 0 Å². The molecular weight excluding hydrogens is 520 g/mol. The third-order valence-corrected chi connectivity index (χ3v) is 8.79. The van der Waals surface area contributed by atoms with Gasteiger partial charge in [-0.15, -0.1) is 0 Å². The molecule has 1 aromatic rings. The summed E-state index contributed by atoms with van der Waals surface area (Å²) in [5.74, 6) is 2.04. The molecule has 0 radical (unpaired) electrons. The Morgan fingerprint density at radius 1 is 0.775 bits per heavy atom. The molecule has 0 heterocycles. The van der Waals surface area contributed by atoms with Gasteiger partial charge < -0.3 is 34.4 Å². The Morgan fingerprint density at radius 2 is 1.38 bits per heavy atom. The quantitative estimate of drug-likeness (QED) is 0.180. The summed E-state index contributed by atoms with van der Waals surface area (Å²) in [6.45, 7) is 2.28. The normalized spacial score (nSPS) is 21.0. The van der Waals surface area contributed by atoms with Crippen LogP contribution >= 0.6 is 11.8 Å². The predicted octanol–water partition coefficient (Wildman–Crippen LogP) is 3.92. The SMILES string of the molecule is CCCC(CCC1CCCCC1N=C(N)N=C(N)N)SCc1ccccc1.NC(N)=NC(N)=NC1CCCCC1. The van der Waals surface area contributed by atoms with Crippen LogP contribution in [0.3, 0.4) is 0 Å². The van der Waals surface area contributed by atoms with E-state index in [0.717, 1.165) is 25.0 Å². The fourth-order valence-electron chi connectivity index (χ4n) is 5.41. The van der Waals surface area contributed by atoms with E-state index in [1.807, 2.05) is 0 Å². The van der Waals surface area contributed by atoms with Gasteiger partial charge in [-0.3, -0.25) is 0 Å². The average Bonchev–Trinajstić information content (AvgIpc) is 2.91. The Balaban J connectivity index is 0.000000360. The van der Waals surface area contributed by atoms with Crippen molar-refractivity contribution in [3.63, 3.8) is 0 Å². The highest BCUT2D eigenvalue weighted by Gasteiger charge is 2.26. The van der Waals surface area contributed by atoms with E-state index < -0.39 is 0 Å². The summed E-state index contributed by atoms with van der Waals surface area (Å²) in [4.78, 5) is 16.4. The van der Waals surface area contributed by atoms with Crippen molar-refractivity contribution < 1.29 is 0 Å². The highest BCUT2D eigenvalue weighted by atomic mass is 32.2. The summed E-state index contributed by atoms with van der Waals surface area (Å²) in [6, 6.07) is 11.3. The van der Waals surface area contributed by atoms with Crippen LogP contribution in [0.4, 0.5) is 0 Å². The number of guanidine groups is 4. The van der Waals surface area contributed by atoms with Gasteiger partial charge in [0.05, 0.1) is 12.1 Å². The zero-order valence-electron chi connectivity index (χ0n) is 24.3. The first-order valence-corrected chi connectivity index (χ1v) is 15.8. The van der Waals surface area contributed by atoms with Crippen molar-refractivity contribution in [1.82, 2.24) is 0 Å². The minimum atomic E-state index is -0.0305. The van der Waals surface area contributed by atoms with Gasteiger partial charge in [-0.25, -0.2) is 9.98 Å². The number of benzene rings is 1.